The Morgan fingerprint density at radius 3 is 2.96 bits per heavy atom. The van der Waals surface area contributed by atoms with Gasteiger partial charge in [-0.1, -0.05) is 0 Å². The summed E-state index contributed by atoms with van der Waals surface area (Å²) in [6, 6.07) is 3.93. The molecular formula is C17H22N4O2S. The highest BCUT2D eigenvalue weighted by atomic mass is 32.1. The van der Waals surface area contributed by atoms with Crippen LogP contribution < -0.4 is 10.6 Å². The third-order valence-electron chi connectivity index (χ3n) is 4.28. The Morgan fingerprint density at radius 1 is 1.42 bits per heavy atom. The van der Waals surface area contributed by atoms with Gasteiger partial charge in [0.25, 0.3) is 5.91 Å². The summed E-state index contributed by atoms with van der Waals surface area (Å²) in [6.45, 7) is 2.63. The molecule has 7 heteroatoms. The van der Waals surface area contributed by atoms with E-state index in [1.807, 2.05) is 21.5 Å². The molecular weight excluding hydrogens is 324 g/mol. The van der Waals surface area contributed by atoms with Crippen molar-refractivity contribution in [3.05, 3.63) is 34.7 Å². The molecule has 1 fully saturated rings. The predicted octanol–water partition coefficient (Wildman–Crippen LogP) is 3.06. The summed E-state index contributed by atoms with van der Waals surface area (Å²) in [5.74, 6) is 1.28. The van der Waals surface area contributed by atoms with Crippen LogP contribution in [0.1, 0.15) is 49.0 Å². The summed E-state index contributed by atoms with van der Waals surface area (Å²) in [5, 5.41) is 13.7. The van der Waals surface area contributed by atoms with E-state index >= 15 is 0 Å². The number of hydrogen-bond donors (Lipinski definition) is 2. The Hall–Kier alpha value is -2.15. The SMILES string of the molecule is C[C@@H](C1CC1)n1nccc1NC(=O)CCCNC(=O)c1ccsc1. The normalized spacial score (nSPS) is 15.0. The zero-order valence-electron chi connectivity index (χ0n) is 13.7. The number of nitrogens with one attached hydrogen (secondary N) is 2. The topological polar surface area (TPSA) is 76.0 Å². The van der Waals surface area contributed by atoms with Gasteiger partial charge in [-0.3, -0.25) is 9.59 Å². The molecule has 1 atom stereocenters. The van der Waals surface area contributed by atoms with E-state index in [1.165, 1.54) is 24.2 Å². The lowest BCUT2D eigenvalue weighted by atomic mass is 10.2. The Balaban J connectivity index is 1.40. The van der Waals surface area contributed by atoms with Crippen LogP contribution in [-0.4, -0.2) is 28.1 Å². The molecule has 0 spiro atoms. The van der Waals surface area contributed by atoms with E-state index in [-0.39, 0.29) is 11.8 Å². The zero-order valence-corrected chi connectivity index (χ0v) is 14.5. The fourth-order valence-electron chi connectivity index (χ4n) is 2.67. The van der Waals surface area contributed by atoms with Crippen molar-refractivity contribution < 1.29 is 9.59 Å². The largest absolute Gasteiger partial charge is 0.352 e. The first-order chi connectivity index (χ1) is 11.6. The number of carbonyl (C=O) groups is 2. The molecule has 0 radical (unpaired) electrons. The van der Waals surface area contributed by atoms with Crippen LogP contribution in [0.4, 0.5) is 5.82 Å². The van der Waals surface area contributed by atoms with Gasteiger partial charge in [-0.15, -0.1) is 0 Å². The number of nitrogens with zero attached hydrogens (tertiary/aromatic N) is 2. The fraction of sp³-hybridized carbons (Fsp3) is 0.471. The average Bonchev–Trinajstić information content (AvgIpc) is 3.08. The minimum Gasteiger partial charge on any atom is -0.352 e. The molecule has 128 valence electrons. The summed E-state index contributed by atoms with van der Waals surface area (Å²) in [6.07, 6.45) is 5.16. The van der Waals surface area contributed by atoms with E-state index < -0.39 is 0 Å². The molecule has 1 saturated carbocycles. The molecule has 1 aliphatic rings. The van der Waals surface area contributed by atoms with Crippen LogP contribution in [0.2, 0.25) is 0 Å². The molecule has 0 aliphatic heterocycles. The second-order valence-corrected chi connectivity index (χ2v) is 6.94. The highest BCUT2D eigenvalue weighted by molar-refractivity contribution is 7.08. The molecule has 6 nitrogen and oxygen atoms in total. The molecule has 2 N–H and O–H groups in total. The van der Waals surface area contributed by atoms with E-state index in [0.717, 1.165) is 5.82 Å². The first-order valence-corrected chi connectivity index (χ1v) is 9.23. The monoisotopic (exact) mass is 346 g/mol. The molecule has 2 aromatic heterocycles. The van der Waals surface area contributed by atoms with Gasteiger partial charge in [0.05, 0.1) is 12.2 Å². The first kappa shape index (κ1) is 16.7. The van der Waals surface area contributed by atoms with Crippen molar-refractivity contribution in [3.8, 4) is 0 Å². The van der Waals surface area contributed by atoms with Crippen molar-refractivity contribution >= 4 is 29.0 Å². The fourth-order valence-corrected chi connectivity index (χ4v) is 3.30. The zero-order chi connectivity index (χ0) is 16.9. The Labute approximate surface area is 145 Å². The number of rotatable bonds is 8. The van der Waals surface area contributed by atoms with E-state index in [2.05, 4.69) is 22.7 Å². The van der Waals surface area contributed by atoms with Gasteiger partial charge in [0.15, 0.2) is 0 Å². The van der Waals surface area contributed by atoms with Crippen molar-refractivity contribution in [2.24, 2.45) is 5.92 Å². The Kier molecular flexibility index (Phi) is 5.30. The highest BCUT2D eigenvalue weighted by Crippen LogP contribution is 2.40. The lowest BCUT2D eigenvalue weighted by molar-refractivity contribution is -0.116. The number of amides is 2. The second kappa shape index (κ2) is 7.61. The summed E-state index contributed by atoms with van der Waals surface area (Å²) in [4.78, 5) is 23.9. The summed E-state index contributed by atoms with van der Waals surface area (Å²) in [5.41, 5.74) is 0.669. The molecule has 2 amide bonds. The maximum Gasteiger partial charge on any atom is 0.252 e. The number of hydrogen-bond acceptors (Lipinski definition) is 4. The van der Waals surface area contributed by atoms with Gasteiger partial charge in [0.1, 0.15) is 5.82 Å². The van der Waals surface area contributed by atoms with Crippen LogP contribution in [0, 0.1) is 5.92 Å². The predicted molar refractivity (Wildman–Crippen MR) is 94.2 cm³/mol. The number of anilines is 1. The van der Waals surface area contributed by atoms with Crippen LogP contribution in [0.25, 0.3) is 0 Å². The molecule has 2 heterocycles. The Bertz CT molecular complexity index is 691. The molecule has 0 aromatic carbocycles. The molecule has 24 heavy (non-hydrogen) atoms. The lowest BCUT2D eigenvalue weighted by Crippen LogP contribution is -2.25. The number of carbonyl (C=O) groups excluding carboxylic acids is 2. The molecule has 0 saturated heterocycles. The van der Waals surface area contributed by atoms with Crippen LogP contribution in [0.15, 0.2) is 29.1 Å². The molecule has 0 unspecified atom stereocenters. The van der Waals surface area contributed by atoms with E-state index in [9.17, 15) is 9.59 Å². The highest BCUT2D eigenvalue weighted by Gasteiger charge is 2.30. The van der Waals surface area contributed by atoms with E-state index in [1.54, 1.807) is 12.3 Å². The first-order valence-electron chi connectivity index (χ1n) is 8.29. The third kappa shape index (κ3) is 4.23. The minimum atomic E-state index is -0.0898. The average molecular weight is 346 g/mol. The van der Waals surface area contributed by atoms with Crippen molar-refractivity contribution in [2.45, 2.75) is 38.6 Å². The van der Waals surface area contributed by atoms with E-state index in [0.29, 0.717) is 36.9 Å². The summed E-state index contributed by atoms with van der Waals surface area (Å²) >= 11 is 1.49. The quantitative estimate of drug-likeness (QED) is 0.721. The number of aromatic nitrogens is 2. The van der Waals surface area contributed by atoms with Crippen molar-refractivity contribution in [1.29, 1.82) is 0 Å². The standard InChI is InChI=1S/C17H22N4O2S/c1-12(13-4-5-13)21-15(6-9-19-21)20-16(22)3-2-8-18-17(23)14-7-10-24-11-14/h6-7,9-13H,2-5,8H2,1H3,(H,18,23)(H,20,22)/t12-/m0/s1. The molecule has 1 aliphatic carbocycles. The van der Waals surface area contributed by atoms with Gasteiger partial charge in [0.2, 0.25) is 5.91 Å². The van der Waals surface area contributed by atoms with Gasteiger partial charge >= 0.3 is 0 Å². The lowest BCUT2D eigenvalue weighted by Gasteiger charge is -2.15. The van der Waals surface area contributed by atoms with Crippen LogP contribution in [-0.2, 0) is 4.79 Å². The third-order valence-corrected chi connectivity index (χ3v) is 4.96. The van der Waals surface area contributed by atoms with E-state index in [4.69, 9.17) is 0 Å². The second-order valence-electron chi connectivity index (χ2n) is 6.16. The van der Waals surface area contributed by atoms with Gasteiger partial charge in [-0.25, -0.2) is 4.68 Å². The molecule has 0 bridgehead atoms. The van der Waals surface area contributed by atoms with Crippen molar-refractivity contribution in [2.75, 3.05) is 11.9 Å². The smallest absolute Gasteiger partial charge is 0.252 e. The summed E-state index contributed by atoms with van der Waals surface area (Å²) in [7, 11) is 0. The minimum absolute atomic E-state index is 0.0514. The number of thiophene rings is 1. The maximum atomic E-state index is 12.1. The van der Waals surface area contributed by atoms with Gasteiger partial charge < -0.3 is 10.6 Å². The van der Waals surface area contributed by atoms with Crippen molar-refractivity contribution in [3.63, 3.8) is 0 Å². The molecule has 2 aromatic rings. The summed E-state index contributed by atoms with van der Waals surface area (Å²) < 4.78 is 1.90. The van der Waals surface area contributed by atoms with Gasteiger partial charge in [-0.2, -0.15) is 16.4 Å². The van der Waals surface area contributed by atoms with Crippen molar-refractivity contribution in [1.82, 2.24) is 15.1 Å². The van der Waals surface area contributed by atoms with Crippen LogP contribution >= 0.6 is 11.3 Å². The maximum absolute atomic E-state index is 12.1. The van der Waals surface area contributed by atoms with Gasteiger partial charge in [-0.05, 0) is 43.6 Å². The van der Waals surface area contributed by atoms with Crippen LogP contribution in [0.5, 0.6) is 0 Å². The van der Waals surface area contributed by atoms with Gasteiger partial charge in [0, 0.05) is 30.0 Å². The van der Waals surface area contributed by atoms with Crippen LogP contribution in [0.3, 0.4) is 0 Å². The molecule has 3 rings (SSSR count). The Morgan fingerprint density at radius 2 is 2.25 bits per heavy atom.